The lowest BCUT2D eigenvalue weighted by molar-refractivity contribution is 0.0602. The SMILES string of the molecule is COC(=O)c1ccccc1NC(=S)N(Cc1ccco1)Cc1cc2ccc(C)c(C)c2[nH]c1=O. The van der Waals surface area contributed by atoms with Crippen molar-refractivity contribution in [2.45, 2.75) is 26.9 Å². The maximum atomic E-state index is 13.0. The molecule has 0 aliphatic carbocycles. The maximum Gasteiger partial charge on any atom is 0.339 e. The second kappa shape index (κ2) is 9.93. The second-order valence-electron chi connectivity index (χ2n) is 8.00. The molecule has 2 aromatic heterocycles. The second-order valence-corrected chi connectivity index (χ2v) is 8.38. The number of fused-ring (bicyclic) bond motifs is 1. The molecule has 4 rings (SSSR count). The van der Waals surface area contributed by atoms with Gasteiger partial charge in [-0.2, -0.15) is 0 Å². The first-order valence-electron chi connectivity index (χ1n) is 10.7. The van der Waals surface area contributed by atoms with E-state index in [-0.39, 0.29) is 12.1 Å². The van der Waals surface area contributed by atoms with Crippen molar-refractivity contribution >= 4 is 39.9 Å². The number of ether oxygens (including phenoxy) is 1. The van der Waals surface area contributed by atoms with Crippen LogP contribution in [0.2, 0.25) is 0 Å². The predicted molar refractivity (Wildman–Crippen MR) is 136 cm³/mol. The third-order valence-corrected chi connectivity index (χ3v) is 6.14. The number of rotatable bonds is 6. The lowest BCUT2D eigenvalue weighted by atomic mass is 10.0. The minimum atomic E-state index is -0.472. The van der Waals surface area contributed by atoms with Gasteiger partial charge in [0.25, 0.3) is 5.56 Å². The lowest BCUT2D eigenvalue weighted by Crippen LogP contribution is -2.35. The highest BCUT2D eigenvalue weighted by Crippen LogP contribution is 2.21. The Hall–Kier alpha value is -3.91. The molecule has 174 valence electrons. The first kappa shape index (κ1) is 23.3. The van der Waals surface area contributed by atoms with E-state index in [0.29, 0.717) is 34.2 Å². The van der Waals surface area contributed by atoms with E-state index in [2.05, 4.69) is 10.3 Å². The first-order valence-corrected chi connectivity index (χ1v) is 11.2. The number of aryl methyl sites for hydroxylation is 2. The number of aromatic nitrogens is 1. The summed E-state index contributed by atoms with van der Waals surface area (Å²) in [5, 5.41) is 4.42. The van der Waals surface area contributed by atoms with Crippen LogP contribution >= 0.6 is 12.2 Å². The molecule has 0 atom stereocenters. The monoisotopic (exact) mass is 475 g/mol. The quantitative estimate of drug-likeness (QED) is 0.302. The van der Waals surface area contributed by atoms with Crippen molar-refractivity contribution in [3.8, 4) is 0 Å². The standard InChI is InChI=1S/C26H25N3O4S/c1-16-10-11-18-13-19(24(30)28-23(18)17(16)2)14-29(15-20-7-6-12-33-20)26(34)27-22-9-5-4-8-21(22)25(31)32-3/h4-13H,14-15H2,1-3H3,(H,27,34)(H,28,30). The number of hydrogen-bond donors (Lipinski definition) is 2. The van der Waals surface area contributed by atoms with Crippen LogP contribution in [0.3, 0.4) is 0 Å². The van der Waals surface area contributed by atoms with Gasteiger partial charge >= 0.3 is 5.97 Å². The van der Waals surface area contributed by atoms with Crippen LogP contribution in [0, 0.1) is 13.8 Å². The van der Waals surface area contributed by atoms with Gasteiger partial charge in [0.2, 0.25) is 0 Å². The van der Waals surface area contributed by atoms with Crippen molar-refractivity contribution in [3.05, 3.63) is 99.2 Å². The van der Waals surface area contributed by atoms with Gasteiger partial charge in [-0.15, -0.1) is 0 Å². The number of esters is 1. The third-order valence-electron chi connectivity index (χ3n) is 5.78. The summed E-state index contributed by atoms with van der Waals surface area (Å²) in [7, 11) is 1.33. The lowest BCUT2D eigenvalue weighted by Gasteiger charge is -2.25. The summed E-state index contributed by atoms with van der Waals surface area (Å²) in [6.07, 6.45) is 1.59. The van der Waals surface area contributed by atoms with Gasteiger partial charge in [0.05, 0.1) is 43.2 Å². The molecule has 4 aromatic rings. The molecule has 0 saturated heterocycles. The Balaban J connectivity index is 1.67. The van der Waals surface area contributed by atoms with Gasteiger partial charge in [0.1, 0.15) is 5.76 Å². The Morgan fingerprint density at radius 2 is 1.91 bits per heavy atom. The summed E-state index contributed by atoms with van der Waals surface area (Å²) >= 11 is 5.70. The Morgan fingerprint density at radius 3 is 2.65 bits per heavy atom. The molecule has 2 aromatic carbocycles. The molecule has 0 bridgehead atoms. The Morgan fingerprint density at radius 1 is 1.12 bits per heavy atom. The third kappa shape index (κ3) is 4.87. The van der Waals surface area contributed by atoms with Crippen LogP contribution < -0.4 is 10.9 Å². The summed E-state index contributed by atoms with van der Waals surface area (Å²) in [4.78, 5) is 30.0. The molecule has 2 heterocycles. The number of carbonyl (C=O) groups is 1. The summed E-state index contributed by atoms with van der Waals surface area (Å²) in [6, 6.07) is 16.5. The average Bonchev–Trinajstić information content (AvgIpc) is 3.35. The normalized spacial score (nSPS) is 10.8. The van der Waals surface area contributed by atoms with Crippen molar-refractivity contribution < 1.29 is 13.9 Å². The summed E-state index contributed by atoms with van der Waals surface area (Å²) in [5.41, 5.74) is 4.26. The average molecular weight is 476 g/mol. The molecule has 8 heteroatoms. The van der Waals surface area contributed by atoms with Gasteiger partial charge in [-0.1, -0.05) is 24.3 Å². The molecule has 0 amide bonds. The van der Waals surface area contributed by atoms with E-state index in [9.17, 15) is 9.59 Å². The van der Waals surface area contributed by atoms with Gasteiger partial charge in [0.15, 0.2) is 5.11 Å². The van der Waals surface area contributed by atoms with E-state index in [0.717, 1.165) is 22.0 Å². The number of nitrogens with zero attached hydrogens (tertiary/aromatic N) is 1. The molecule has 0 unspecified atom stereocenters. The molecular formula is C26H25N3O4S. The van der Waals surface area contributed by atoms with Crippen LogP contribution in [0.1, 0.15) is 32.8 Å². The smallest absolute Gasteiger partial charge is 0.339 e. The van der Waals surface area contributed by atoms with Gasteiger partial charge in [-0.3, -0.25) is 4.79 Å². The Labute approximate surface area is 202 Å². The molecule has 0 aliphatic heterocycles. The highest BCUT2D eigenvalue weighted by Gasteiger charge is 2.18. The molecule has 0 spiro atoms. The fourth-order valence-electron chi connectivity index (χ4n) is 3.76. The van der Waals surface area contributed by atoms with Crippen LogP contribution in [-0.4, -0.2) is 28.1 Å². The number of furan rings is 1. The molecule has 0 saturated carbocycles. The number of pyridine rings is 1. The number of anilines is 1. The topological polar surface area (TPSA) is 87.6 Å². The zero-order valence-corrected chi connectivity index (χ0v) is 20.0. The van der Waals surface area contributed by atoms with Crippen LogP contribution in [0.25, 0.3) is 10.9 Å². The zero-order valence-electron chi connectivity index (χ0n) is 19.2. The van der Waals surface area contributed by atoms with Crippen LogP contribution in [0.5, 0.6) is 0 Å². The number of thiocarbonyl (C=S) groups is 1. The molecule has 2 N–H and O–H groups in total. The van der Waals surface area contributed by atoms with Crippen LogP contribution in [-0.2, 0) is 17.8 Å². The molecular weight excluding hydrogens is 450 g/mol. The number of H-pyrrole nitrogens is 1. The van der Waals surface area contributed by atoms with Crippen LogP contribution in [0.15, 0.2) is 70.1 Å². The van der Waals surface area contributed by atoms with Gasteiger partial charge in [-0.25, -0.2) is 4.79 Å². The largest absolute Gasteiger partial charge is 0.467 e. The number of methoxy groups -OCH3 is 1. The van der Waals surface area contributed by atoms with E-state index in [1.165, 1.54) is 7.11 Å². The number of aromatic amines is 1. The number of carbonyl (C=O) groups excluding carboxylic acids is 1. The number of para-hydroxylation sites is 1. The van der Waals surface area contributed by atoms with Crippen molar-refractivity contribution in [2.24, 2.45) is 0 Å². The zero-order chi connectivity index (χ0) is 24.2. The molecule has 0 fully saturated rings. The summed E-state index contributed by atoms with van der Waals surface area (Å²) in [6.45, 7) is 4.59. The van der Waals surface area contributed by atoms with Crippen molar-refractivity contribution in [2.75, 3.05) is 12.4 Å². The fourth-order valence-corrected chi connectivity index (χ4v) is 4.00. The number of hydrogen-bond acceptors (Lipinski definition) is 5. The van der Waals surface area contributed by atoms with E-state index >= 15 is 0 Å². The number of nitrogens with one attached hydrogen (secondary N) is 2. The van der Waals surface area contributed by atoms with E-state index in [1.54, 1.807) is 36.6 Å². The van der Waals surface area contributed by atoms with E-state index < -0.39 is 5.97 Å². The minimum Gasteiger partial charge on any atom is -0.467 e. The van der Waals surface area contributed by atoms with Gasteiger partial charge < -0.3 is 24.4 Å². The van der Waals surface area contributed by atoms with Gasteiger partial charge in [0, 0.05) is 5.56 Å². The van der Waals surface area contributed by atoms with Crippen molar-refractivity contribution in [1.82, 2.24) is 9.88 Å². The molecule has 0 radical (unpaired) electrons. The summed E-state index contributed by atoms with van der Waals surface area (Å²) in [5.74, 6) is 0.217. The predicted octanol–water partition coefficient (Wildman–Crippen LogP) is 4.92. The Kier molecular flexibility index (Phi) is 6.79. The summed E-state index contributed by atoms with van der Waals surface area (Å²) < 4.78 is 10.4. The minimum absolute atomic E-state index is 0.177. The number of benzene rings is 2. The van der Waals surface area contributed by atoms with Crippen LogP contribution in [0.4, 0.5) is 5.69 Å². The first-order chi connectivity index (χ1) is 16.4. The maximum absolute atomic E-state index is 13.0. The van der Waals surface area contributed by atoms with E-state index in [4.69, 9.17) is 21.4 Å². The van der Waals surface area contributed by atoms with Crippen molar-refractivity contribution in [1.29, 1.82) is 0 Å². The molecule has 7 nitrogen and oxygen atoms in total. The highest BCUT2D eigenvalue weighted by molar-refractivity contribution is 7.80. The van der Waals surface area contributed by atoms with Crippen molar-refractivity contribution in [3.63, 3.8) is 0 Å². The fraction of sp³-hybridized carbons (Fsp3) is 0.192. The highest BCUT2D eigenvalue weighted by atomic mass is 32.1. The molecule has 34 heavy (non-hydrogen) atoms. The van der Waals surface area contributed by atoms with E-state index in [1.807, 2.05) is 43.0 Å². The molecule has 0 aliphatic rings. The Bertz CT molecular complexity index is 1410. The van der Waals surface area contributed by atoms with Gasteiger partial charge in [-0.05, 0) is 72.9 Å².